The van der Waals surface area contributed by atoms with Crippen molar-refractivity contribution in [2.45, 2.75) is 51.7 Å². The molecule has 0 radical (unpaired) electrons. The van der Waals surface area contributed by atoms with E-state index < -0.39 is 0 Å². The van der Waals surface area contributed by atoms with E-state index in [1.807, 2.05) is 50.2 Å². The maximum absolute atomic E-state index is 13.7. The Kier molecular flexibility index (Phi) is 5.67. The number of allylic oxidation sites excluding steroid dienone is 1. The van der Waals surface area contributed by atoms with E-state index in [1.54, 1.807) is 0 Å². The molecule has 2 aliphatic rings. The van der Waals surface area contributed by atoms with Crippen LogP contribution < -0.4 is 15.4 Å². The summed E-state index contributed by atoms with van der Waals surface area (Å²) < 4.78 is 5.80. The number of fused-ring (bicyclic) bond motifs is 1. The number of carbonyl (C=O) groups excluding carboxylic acids is 1. The minimum Gasteiger partial charge on any atom is -0.491 e. The average molecular weight is 439 g/mol. The zero-order chi connectivity index (χ0) is 22.9. The van der Waals surface area contributed by atoms with Gasteiger partial charge < -0.3 is 15.4 Å². The standard InChI is InChI=1S/C29H30N2O2/c1-18(2)33-22-14-12-20(13-15-22)21-16-26-28(27(32)17-21)29(23-9-5-4-8-19(23)3)31-25-11-7-6-10-24(25)30-26/h4-15,18,21,29-31H,16-17H2,1-3H3. The van der Waals surface area contributed by atoms with Crippen LogP contribution in [-0.4, -0.2) is 11.9 Å². The molecule has 2 atom stereocenters. The van der Waals surface area contributed by atoms with Crippen molar-refractivity contribution in [1.29, 1.82) is 0 Å². The van der Waals surface area contributed by atoms with E-state index in [4.69, 9.17) is 4.74 Å². The normalized spacial score (nSPS) is 19.8. The van der Waals surface area contributed by atoms with Gasteiger partial charge in [-0.3, -0.25) is 4.79 Å². The molecule has 2 N–H and O–H groups in total. The molecule has 0 fully saturated rings. The van der Waals surface area contributed by atoms with Crippen LogP contribution in [0.2, 0.25) is 0 Å². The number of Topliss-reactive ketones (excluding diaryl/α,β-unsaturated/α-hetero) is 1. The SMILES string of the molecule is Cc1ccccc1C1Nc2ccccc2NC2=C1C(=O)CC(c1ccc(OC(C)C)cc1)C2. The number of rotatable bonds is 4. The maximum Gasteiger partial charge on any atom is 0.163 e. The smallest absolute Gasteiger partial charge is 0.163 e. The van der Waals surface area contributed by atoms with Gasteiger partial charge in [0.05, 0.1) is 23.5 Å². The molecule has 4 heteroatoms. The Balaban J connectivity index is 1.53. The Hall–Kier alpha value is -3.53. The lowest BCUT2D eigenvalue weighted by molar-refractivity contribution is -0.116. The second kappa shape index (κ2) is 8.78. The summed E-state index contributed by atoms with van der Waals surface area (Å²) in [6, 6.07) is 24.6. The first-order valence-corrected chi connectivity index (χ1v) is 11.7. The van der Waals surface area contributed by atoms with Gasteiger partial charge in [-0.2, -0.15) is 0 Å². The Bertz CT molecular complexity index is 1210. The zero-order valence-electron chi connectivity index (χ0n) is 19.4. The van der Waals surface area contributed by atoms with E-state index in [1.165, 1.54) is 11.1 Å². The van der Waals surface area contributed by atoms with Gasteiger partial charge in [0.25, 0.3) is 0 Å². The minimum atomic E-state index is -0.174. The highest BCUT2D eigenvalue weighted by molar-refractivity contribution is 6.01. The second-order valence-electron chi connectivity index (χ2n) is 9.26. The van der Waals surface area contributed by atoms with Gasteiger partial charge in [0.15, 0.2) is 5.78 Å². The highest BCUT2D eigenvalue weighted by Gasteiger charge is 2.36. The van der Waals surface area contributed by atoms with Gasteiger partial charge in [0, 0.05) is 17.7 Å². The average Bonchev–Trinajstić information content (AvgIpc) is 2.96. The second-order valence-corrected chi connectivity index (χ2v) is 9.26. The van der Waals surface area contributed by atoms with Crippen molar-refractivity contribution in [2.75, 3.05) is 10.6 Å². The molecule has 1 aliphatic carbocycles. The fourth-order valence-electron chi connectivity index (χ4n) is 4.96. The van der Waals surface area contributed by atoms with Gasteiger partial charge in [-0.1, -0.05) is 48.5 Å². The third-order valence-electron chi connectivity index (χ3n) is 6.53. The molecule has 0 bridgehead atoms. The molecule has 33 heavy (non-hydrogen) atoms. The molecule has 0 saturated heterocycles. The number of para-hydroxylation sites is 2. The van der Waals surface area contributed by atoms with E-state index in [9.17, 15) is 4.79 Å². The maximum atomic E-state index is 13.7. The van der Waals surface area contributed by atoms with Crippen LogP contribution in [0.3, 0.4) is 0 Å². The molecule has 1 aliphatic heterocycles. The molecule has 0 spiro atoms. The third-order valence-corrected chi connectivity index (χ3v) is 6.53. The Morgan fingerprint density at radius 3 is 2.30 bits per heavy atom. The number of ether oxygens (including phenoxy) is 1. The molecule has 1 heterocycles. The fourth-order valence-corrected chi connectivity index (χ4v) is 4.96. The topological polar surface area (TPSA) is 50.4 Å². The van der Waals surface area contributed by atoms with Crippen molar-refractivity contribution < 1.29 is 9.53 Å². The van der Waals surface area contributed by atoms with Crippen LogP contribution >= 0.6 is 0 Å². The first-order valence-electron chi connectivity index (χ1n) is 11.7. The molecule has 3 aromatic carbocycles. The van der Waals surface area contributed by atoms with E-state index in [0.29, 0.717) is 6.42 Å². The largest absolute Gasteiger partial charge is 0.491 e. The quantitative estimate of drug-likeness (QED) is 0.472. The van der Waals surface area contributed by atoms with E-state index in [0.717, 1.165) is 40.4 Å². The number of hydrogen-bond donors (Lipinski definition) is 2. The summed E-state index contributed by atoms with van der Waals surface area (Å²) in [6.07, 6.45) is 1.44. The number of hydrogen-bond acceptors (Lipinski definition) is 4. The zero-order valence-corrected chi connectivity index (χ0v) is 19.4. The van der Waals surface area contributed by atoms with Crippen LogP contribution in [0.25, 0.3) is 0 Å². The molecule has 168 valence electrons. The van der Waals surface area contributed by atoms with E-state index in [-0.39, 0.29) is 23.8 Å². The third kappa shape index (κ3) is 4.25. The number of benzene rings is 3. The van der Waals surface area contributed by atoms with Crippen LogP contribution in [0.15, 0.2) is 84.1 Å². The minimum absolute atomic E-state index is 0.139. The van der Waals surface area contributed by atoms with Crippen LogP contribution in [-0.2, 0) is 4.79 Å². The number of nitrogens with one attached hydrogen (secondary N) is 2. The van der Waals surface area contributed by atoms with Crippen molar-refractivity contribution >= 4 is 17.2 Å². The van der Waals surface area contributed by atoms with Crippen molar-refractivity contribution in [3.05, 3.63) is 101 Å². The van der Waals surface area contributed by atoms with Gasteiger partial charge in [-0.25, -0.2) is 0 Å². The van der Waals surface area contributed by atoms with Crippen molar-refractivity contribution in [1.82, 2.24) is 0 Å². The summed E-state index contributed by atoms with van der Waals surface area (Å²) in [6.45, 7) is 6.16. The highest BCUT2D eigenvalue weighted by atomic mass is 16.5. The van der Waals surface area contributed by atoms with Crippen LogP contribution in [0.4, 0.5) is 11.4 Å². The summed E-state index contributed by atoms with van der Waals surface area (Å²) in [7, 11) is 0. The number of carbonyl (C=O) groups is 1. The monoisotopic (exact) mass is 438 g/mol. The Labute approximate surface area is 195 Å². The van der Waals surface area contributed by atoms with Crippen molar-refractivity contribution in [3.63, 3.8) is 0 Å². The van der Waals surface area contributed by atoms with Gasteiger partial charge >= 0.3 is 0 Å². The number of anilines is 2. The number of aryl methyl sites for hydroxylation is 1. The Morgan fingerprint density at radius 2 is 1.58 bits per heavy atom. The summed E-state index contributed by atoms with van der Waals surface area (Å²) >= 11 is 0. The molecule has 4 nitrogen and oxygen atoms in total. The van der Waals surface area contributed by atoms with Gasteiger partial charge in [-0.05, 0) is 74.1 Å². The van der Waals surface area contributed by atoms with Crippen molar-refractivity contribution in [2.24, 2.45) is 0 Å². The predicted molar refractivity (Wildman–Crippen MR) is 134 cm³/mol. The van der Waals surface area contributed by atoms with Crippen LogP contribution in [0.5, 0.6) is 5.75 Å². The van der Waals surface area contributed by atoms with Gasteiger partial charge in [0.1, 0.15) is 5.75 Å². The first-order chi connectivity index (χ1) is 16.0. The Morgan fingerprint density at radius 1 is 0.879 bits per heavy atom. The van der Waals surface area contributed by atoms with Crippen LogP contribution in [0, 0.1) is 6.92 Å². The lowest BCUT2D eigenvalue weighted by Gasteiger charge is -2.30. The van der Waals surface area contributed by atoms with E-state index >= 15 is 0 Å². The summed E-state index contributed by atoms with van der Waals surface area (Å²) in [4.78, 5) is 13.7. The molecule has 5 rings (SSSR count). The lowest BCUT2D eigenvalue weighted by Crippen LogP contribution is -2.27. The van der Waals surface area contributed by atoms with E-state index in [2.05, 4.69) is 54.0 Å². The molecule has 0 amide bonds. The molecule has 0 saturated carbocycles. The molecule has 3 aromatic rings. The highest BCUT2D eigenvalue weighted by Crippen LogP contribution is 2.44. The summed E-state index contributed by atoms with van der Waals surface area (Å²) in [5.41, 5.74) is 7.39. The number of ketones is 1. The molecular weight excluding hydrogens is 408 g/mol. The molecule has 2 unspecified atom stereocenters. The van der Waals surface area contributed by atoms with Gasteiger partial charge in [0.2, 0.25) is 0 Å². The molecular formula is C29H30N2O2. The molecule has 0 aromatic heterocycles. The lowest BCUT2D eigenvalue weighted by atomic mass is 9.78. The van der Waals surface area contributed by atoms with Gasteiger partial charge in [-0.15, -0.1) is 0 Å². The summed E-state index contributed by atoms with van der Waals surface area (Å²) in [5, 5.41) is 7.29. The first kappa shape index (κ1) is 21.3. The van der Waals surface area contributed by atoms with Crippen molar-refractivity contribution in [3.8, 4) is 5.75 Å². The fraction of sp³-hybridized carbons (Fsp3) is 0.276. The van der Waals surface area contributed by atoms with Crippen LogP contribution in [0.1, 0.15) is 55.3 Å². The summed E-state index contributed by atoms with van der Waals surface area (Å²) in [5.74, 6) is 1.20. The predicted octanol–water partition coefficient (Wildman–Crippen LogP) is 6.76.